The maximum absolute atomic E-state index is 13.5. The molecule has 0 bridgehead atoms. The Balaban J connectivity index is 1.43. The highest BCUT2D eigenvalue weighted by Crippen LogP contribution is 2.45. The average molecular weight is 446 g/mol. The van der Waals surface area contributed by atoms with E-state index in [0.29, 0.717) is 43.8 Å². The van der Waals surface area contributed by atoms with Gasteiger partial charge in [-0.1, -0.05) is 12.1 Å². The van der Waals surface area contributed by atoms with Crippen LogP contribution in [-0.4, -0.2) is 47.2 Å². The maximum atomic E-state index is 13.5. The molecule has 7 nitrogen and oxygen atoms in total. The first-order chi connectivity index (χ1) is 16.0. The average Bonchev–Trinajstić information content (AvgIpc) is 2.85. The van der Waals surface area contributed by atoms with Crippen LogP contribution in [0.2, 0.25) is 0 Å². The lowest BCUT2D eigenvalue weighted by Crippen LogP contribution is -2.49. The van der Waals surface area contributed by atoms with E-state index >= 15 is 0 Å². The molecule has 4 heterocycles. The van der Waals surface area contributed by atoms with Gasteiger partial charge in [0.05, 0.1) is 25.6 Å². The first-order valence-corrected chi connectivity index (χ1v) is 11.3. The molecule has 1 amide bonds. The van der Waals surface area contributed by atoms with Gasteiger partial charge in [-0.05, 0) is 61.6 Å². The molecule has 2 aliphatic rings. The number of rotatable bonds is 3. The summed E-state index contributed by atoms with van der Waals surface area (Å²) in [5, 5.41) is 0. The summed E-state index contributed by atoms with van der Waals surface area (Å²) in [6.07, 6.45) is 7.13. The number of benzene rings is 1. The van der Waals surface area contributed by atoms with Crippen molar-refractivity contribution >= 4 is 5.91 Å². The third kappa shape index (κ3) is 3.62. The zero-order valence-electron chi connectivity index (χ0n) is 18.9. The van der Waals surface area contributed by atoms with Gasteiger partial charge in [-0.2, -0.15) is 0 Å². The number of hydrogen-bond acceptors (Lipinski definition) is 5. The first-order valence-electron chi connectivity index (χ1n) is 11.3. The number of fused-ring (bicyclic) bond motifs is 2. The Labute approximate surface area is 192 Å². The predicted molar refractivity (Wildman–Crippen MR) is 124 cm³/mol. The van der Waals surface area contributed by atoms with Crippen molar-refractivity contribution in [2.45, 2.75) is 31.8 Å². The zero-order valence-corrected chi connectivity index (χ0v) is 18.9. The Morgan fingerprint density at radius 3 is 2.70 bits per heavy atom. The van der Waals surface area contributed by atoms with Crippen LogP contribution in [0.25, 0.3) is 5.69 Å². The van der Waals surface area contributed by atoms with Crippen molar-refractivity contribution in [3.8, 4) is 11.4 Å². The third-order valence-electron chi connectivity index (χ3n) is 6.83. The largest absolute Gasteiger partial charge is 0.496 e. The van der Waals surface area contributed by atoms with Crippen LogP contribution in [0.15, 0.2) is 59.8 Å². The molecule has 0 radical (unpaired) electrons. The van der Waals surface area contributed by atoms with Crippen molar-refractivity contribution in [3.63, 3.8) is 0 Å². The summed E-state index contributed by atoms with van der Waals surface area (Å²) in [6.45, 7) is 3.48. The second-order valence-corrected chi connectivity index (χ2v) is 8.64. The van der Waals surface area contributed by atoms with Crippen LogP contribution >= 0.6 is 0 Å². The van der Waals surface area contributed by atoms with Gasteiger partial charge in [0, 0.05) is 31.0 Å². The minimum absolute atomic E-state index is 0.208. The minimum atomic E-state index is -0.460. The Bertz CT molecular complexity index is 1230. The van der Waals surface area contributed by atoms with E-state index in [1.807, 2.05) is 12.1 Å². The van der Waals surface area contributed by atoms with Crippen LogP contribution in [0.4, 0.5) is 0 Å². The van der Waals surface area contributed by atoms with Gasteiger partial charge in [-0.15, -0.1) is 0 Å². The summed E-state index contributed by atoms with van der Waals surface area (Å²) in [4.78, 5) is 32.6. The van der Waals surface area contributed by atoms with Crippen molar-refractivity contribution in [2.75, 3.05) is 26.8 Å². The van der Waals surface area contributed by atoms with E-state index in [9.17, 15) is 9.59 Å². The summed E-state index contributed by atoms with van der Waals surface area (Å²) >= 11 is 0. The highest BCUT2D eigenvalue weighted by atomic mass is 16.5. The Kier molecular flexibility index (Phi) is 5.50. The lowest BCUT2D eigenvalue weighted by Gasteiger charge is -2.45. The number of methoxy groups -OCH3 is 1. The number of ether oxygens (including phenoxy) is 2. The van der Waals surface area contributed by atoms with Crippen molar-refractivity contribution < 1.29 is 14.3 Å². The summed E-state index contributed by atoms with van der Waals surface area (Å²) in [5.41, 5.74) is 3.09. The third-order valence-corrected chi connectivity index (χ3v) is 6.83. The fourth-order valence-corrected chi connectivity index (χ4v) is 5.11. The Hall–Kier alpha value is -3.45. The molecule has 3 aromatic rings. The number of hydrogen-bond donors (Lipinski definition) is 0. The molecule has 2 aromatic heterocycles. The maximum Gasteiger partial charge on any atom is 0.268 e. The topological polar surface area (TPSA) is 73.7 Å². The van der Waals surface area contributed by atoms with Gasteiger partial charge in [0.25, 0.3) is 11.5 Å². The van der Waals surface area contributed by atoms with E-state index in [0.717, 1.165) is 17.7 Å². The highest BCUT2D eigenvalue weighted by molar-refractivity contribution is 5.95. The molecule has 1 fully saturated rings. The highest BCUT2D eigenvalue weighted by Gasteiger charge is 2.44. The standard InChI is InChI=1S/C26H27N3O4/c1-18-8-13-29(20-6-4-12-27-17-20)25(31)22(18)24(30)28-14-10-26(11-15-28)23-19(9-16-33-26)5-3-7-21(23)32-2/h3-8,12-13,17H,9-11,14-16H2,1-2H3. The minimum Gasteiger partial charge on any atom is -0.496 e. The molecule has 1 saturated heterocycles. The molecule has 0 unspecified atom stereocenters. The fourth-order valence-electron chi connectivity index (χ4n) is 5.11. The molecule has 0 N–H and O–H groups in total. The molecular formula is C26H27N3O4. The summed E-state index contributed by atoms with van der Waals surface area (Å²) in [6, 6.07) is 11.5. The van der Waals surface area contributed by atoms with Gasteiger partial charge in [0.15, 0.2) is 0 Å². The van der Waals surface area contributed by atoms with Crippen molar-refractivity contribution in [2.24, 2.45) is 0 Å². The van der Waals surface area contributed by atoms with E-state index in [1.165, 1.54) is 10.1 Å². The molecule has 1 aromatic carbocycles. The van der Waals surface area contributed by atoms with Crippen molar-refractivity contribution in [1.29, 1.82) is 0 Å². The normalized spacial score (nSPS) is 17.0. The van der Waals surface area contributed by atoms with Crippen LogP contribution in [0, 0.1) is 6.92 Å². The van der Waals surface area contributed by atoms with E-state index < -0.39 is 5.60 Å². The fraction of sp³-hybridized carbons (Fsp3) is 0.346. The number of aromatic nitrogens is 2. The van der Waals surface area contributed by atoms with Gasteiger partial charge < -0.3 is 14.4 Å². The molecule has 5 rings (SSSR count). The van der Waals surface area contributed by atoms with E-state index in [1.54, 1.807) is 55.7 Å². The van der Waals surface area contributed by atoms with Crippen molar-refractivity contribution in [1.82, 2.24) is 14.5 Å². The molecule has 170 valence electrons. The van der Waals surface area contributed by atoms with E-state index in [4.69, 9.17) is 9.47 Å². The van der Waals surface area contributed by atoms with Crippen LogP contribution in [-0.2, 0) is 16.8 Å². The van der Waals surface area contributed by atoms with Gasteiger partial charge in [0.2, 0.25) is 0 Å². The Morgan fingerprint density at radius 1 is 1.15 bits per heavy atom. The number of carbonyl (C=O) groups excluding carboxylic acids is 1. The van der Waals surface area contributed by atoms with Gasteiger partial charge in [-0.25, -0.2) is 0 Å². The van der Waals surface area contributed by atoms with Crippen molar-refractivity contribution in [3.05, 3.63) is 87.6 Å². The van der Waals surface area contributed by atoms with Crippen LogP contribution in [0.1, 0.15) is 39.9 Å². The molecule has 7 heteroatoms. The number of carbonyl (C=O) groups is 1. The molecular weight excluding hydrogens is 418 g/mol. The van der Waals surface area contributed by atoms with Crippen LogP contribution in [0.5, 0.6) is 5.75 Å². The van der Waals surface area contributed by atoms with E-state index in [-0.39, 0.29) is 17.0 Å². The SMILES string of the molecule is COc1cccc2c1C1(CCN(C(=O)c3c(C)ccn(-c4cccnc4)c3=O)CC1)OCC2. The van der Waals surface area contributed by atoms with Gasteiger partial charge in [0.1, 0.15) is 16.9 Å². The lowest BCUT2D eigenvalue weighted by atomic mass is 9.78. The molecule has 1 spiro atoms. The summed E-state index contributed by atoms with van der Waals surface area (Å²) in [7, 11) is 1.68. The van der Waals surface area contributed by atoms with Gasteiger partial charge >= 0.3 is 0 Å². The predicted octanol–water partition coefficient (Wildman–Crippen LogP) is 3.25. The number of likely N-dealkylation sites (tertiary alicyclic amines) is 1. The van der Waals surface area contributed by atoms with Crippen LogP contribution in [0.3, 0.4) is 0 Å². The molecule has 33 heavy (non-hydrogen) atoms. The summed E-state index contributed by atoms with van der Waals surface area (Å²) < 4.78 is 13.5. The molecule has 0 atom stereocenters. The summed E-state index contributed by atoms with van der Waals surface area (Å²) in [5.74, 6) is 0.604. The second-order valence-electron chi connectivity index (χ2n) is 8.64. The number of pyridine rings is 2. The zero-order chi connectivity index (χ0) is 23.0. The monoisotopic (exact) mass is 445 g/mol. The van der Waals surface area contributed by atoms with Gasteiger partial charge in [-0.3, -0.25) is 19.1 Å². The number of amides is 1. The lowest BCUT2D eigenvalue weighted by molar-refractivity contribution is -0.0946. The number of aryl methyl sites for hydroxylation is 1. The molecule has 0 aliphatic carbocycles. The molecule has 2 aliphatic heterocycles. The quantitative estimate of drug-likeness (QED) is 0.619. The number of piperidine rings is 1. The smallest absolute Gasteiger partial charge is 0.268 e. The second kappa shape index (κ2) is 8.48. The van der Waals surface area contributed by atoms with E-state index in [2.05, 4.69) is 11.1 Å². The number of nitrogens with zero attached hydrogens (tertiary/aromatic N) is 3. The van der Waals surface area contributed by atoms with Crippen LogP contribution < -0.4 is 10.3 Å². The first kappa shape index (κ1) is 21.4. The Morgan fingerprint density at radius 2 is 1.97 bits per heavy atom. The molecule has 0 saturated carbocycles.